The number of aryl methyl sites for hydroxylation is 1. The zero-order chi connectivity index (χ0) is 14.9. The Kier molecular flexibility index (Phi) is 3.73. The van der Waals surface area contributed by atoms with Crippen molar-refractivity contribution in [3.8, 4) is 6.07 Å². The smallest absolute Gasteiger partial charge is 0.0684 e. The lowest BCUT2D eigenvalue weighted by molar-refractivity contribution is 0.417. The molecule has 3 nitrogen and oxygen atoms in total. The van der Waals surface area contributed by atoms with E-state index in [2.05, 4.69) is 46.4 Å². The molecule has 0 amide bonds. The van der Waals surface area contributed by atoms with Crippen molar-refractivity contribution in [1.29, 1.82) is 5.26 Å². The number of hydrogen-bond donors (Lipinski definition) is 1. The van der Waals surface area contributed by atoms with Crippen LogP contribution in [0.3, 0.4) is 0 Å². The van der Waals surface area contributed by atoms with Crippen LogP contribution in [0.25, 0.3) is 10.9 Å². The van der Waals surface area contributed by atoms with Crippen LogP contribution in [0, 0.1) is 16.7 Å². The first-order valence-electron chi connectivity index (χ1n) is 7.80. The summed E-state index contributed by atoms with van der Waals surface area (Å²) in [4.78, 5) is 0. The van der Waals surface area contributed by atoms with Gasteiger partial charge in [-0.2, -0.15) is 5.26 Å². The third-order valence-corrected chi connectivity index (χ3v) is 4.31. The van der Waals surface area contributed by atoms with Crippen LogP contribution < -0.4 is 5.32 Å². The molecule has 0 bridgehead atoms. The molecule has 1 aromatic carbocycles. The molecule has 3 rings (SSSR count). The van der Waals surface area contributed by atoms with Crippen molar-refractivity contribution in [3.63, 3.8) is 0 Å². The van der Waals surface area contributed by atoms with Crippen molar-refractivity contribution in [3.05, 3.63) is 36.0 Å². The number of nitriles is 1. The van der Waals surface area contributed by atoms with E-state index in [4.69, 9.17) is 0 Å². The van der Waals surface area contributed by atoms with E-state index in [0.717, 1.165) is 25.6 Å². The highest BCUT2D eigenvalue weighted by molar-refractivity contribution is 5.83. The van der Waals surface area contributed by atoms with E-state index >= 15 is 0 Å². The maximum atomic E-state index is 9.17. The summed E-state index contributed by atoms with van der Waals surface area (Å²) in [5.41, 5.74) is 2.38. The van der Waals surface area contributed by atoms with Gasteiger partial charge in [0.15, 0.2) is 0 Å². The zero-order valence-electron chi connectivity index (χ0n) is 12.9. The third kappa shape index (κ3) is 3.28. The summed E-state index contributed by atoms with van der Waals surface area (Å²) in [7, 11) is 0. The molecule has 2 aromatic rings. The summed E-state index contributed by atoms with van der Waals surface area (Å²) >= 11 is 0. The van der Waals surface area contributed by atoms with Gasteiger partial charge in [0.1, 0.15) is 0 Å². The molecule has 1 saturated carbocycles. The summed E-state index contributed by atoms with van der Waals surface area (Å²) in [5.74, 6) is 0. The molecule has 0 radical (unpaired) electrons. The topological polar surface area (TPSA) is 40.8 Å². The quantitative estimate of drug-likeness (QED) is 0.874. The van der Waals surface area contributed by atoms with Gasteiger partial charge in [-0.1, -0.05) is 18.2 Å². The number of aromatic nitrogens is 1. The maximum Gasteiger partial charge on any atom is 0.0684 e. The molecule has 21 heavy (non-hydrogen) atoms. The van der Waals surface area contributed by atoms with Crippen molar-refractivity contribution in [2.24, 2.45) is 5.41 Å². The summed E-state index contributed by atoms with van der Waals surface area (Å²) in [6.45, 7) is 5.85. The van der Waals surface area contributed by atoms with Crippen LogP contribution >= 0.6 is 0 Å². The average Bonchev–Trinajstić information content (AvgIpc) is 3.25. The van der Waals surface area contributed by atoms with E-state index < -0.39 is 0 Å². The van der Waals surface area contributed by atoms with Gasteiger partial charge in [-0.25, -0.2) is 0 Å². The van der Waals surface area contributed by atoms with E-state index in [1.165, 1.54) is 29.3 Å². The maximum absolute atomic E-state index is 9.17. The van der Waals surface area contributed by atoms with E-state index in [1.54, 1.807) is 0 Å². The molecule has 110 valence electrons. The number of para-hydroxylation sites is 1. The van der Waals surface area contributed by atoms with Gasteiger partial charge in [-0.15, -0.1) is 0 Å². The van der Waals surface area contributed by atoms with Crippen LogP contribution in [0.1, 0.15) is 38.7 Å². The number of benzene rings is 1. The van der Waals surface area contributed by atoms with Crippen LogP contribution in [0.15, 0.2) is 30.5 Å². The van der Waals surface area contributed by atoms with Gasteiger partial charge >= 0.3 is 0 Å². The predicted octanol–water partition coefficient (Wildman–Crippen LogP) is 3.83. The largest absolute Gasteiger partial charge is 0.347 e. The molecular weight excluding hydrogens is 258 g/mol. The monoisotopic (exact) mass is 281 g/mol. The second-order valence-electron chi connectivity index (χ2n) is 6.77. The van der Waals surface area contributed by atoms with E-state index in [0.29, 0.717) is 0 Å². The molecule has 1 aromatic heterocycles. The average molecular weight is 281 g/mol. The Balaban J connectivity index is 1.82. The standard InChI is InChI=1S/C18H23N3/c1-18(2,13-19)9-10-21-12-14(11-20-15-7-8-15)16-5-3-4-6-17(16)21/h3-6,12,15,20H,7-11H2,1-2H3. The fourth-order valence-corrected chi connectivity index (χ4v) is 2.65. The van der Waals surface area contributed by atoms with Gasteiger partial charge in [-0.05, 0) is 44.7 Å². The number of nitrogens with zero attached hydrogens (tertiary/aromatic N) is 2. The molecule has 1 aliphatic carbocycles. The number of hydrogen-bond acceptors (Lipinski definition) is 2. The molecule has 0 spiro atoms. The molecule has 1 heterocycles. The van der Waals surface area contributed by atoms with Crippen LogP contribution in [0.4, 0.5) is 0 Å². The third-order valence-electron chi connectivity index (χ3n) is 4.31. The molecular formula is C18H23N3. The molecule has 0 atom stereocenters. The van der Waals surface area contributed by atoms with E-state index in [-0.39, 0.29) is 5.41 Å². The lowest BCUT2D eigenvalue weighted by Gasteiger charge is -2.15. The Morgan fingerprint density at radius 3 is 2.81 bits per heavy atom. The van der Waals surface area contributed by atoms with Crippen LogP contribution in [0.2, 0.25) is 0 Å². The van der Waals surface area contributed by atoms with Gasteiger partial charge in [0.25, 0.3) is 0 Å². The van der Waals surface area contributed by atoms with Crippen LogP contribution in [-0.2, 0) is 13.1 Å². The Bertz CT molecular complexity index is 671. The summed E-state index contributed by atoms with van der Waals surface area (Å²) < 4.78 is 2.30. The Hall–Kier alpha value is -1.79. The molecule has 0 aliphatic heterocycles. The van der Waals surface area contributed by atoms with Crippen molar-refractivity contribution >= 4 is 10.9 Å². The fourth-order valence-electron chi connectivity index (χ4n) is 2.65. The first-order valence-corrected chi connectivity index (χ1v) is 7.80. The predicted molar refractivity (Wildman–Crippen MR) is 85.8 cm³/mol. The SMILES string of the molecule is CC(C)(C#N)CCn1cc(CNC2CC2)c2ccccc21. The van der Waals surface area contributed by atoms with Crippen molar-refractivity contribution < 1.29 is 0 Å². The summed E-state index contributed by atoms with van der Waals surface area (Å²) in [6.07, 6.45) is 5.76. The highest BCUT2D eigenvalue weighted by Gasteiger charge is 2.21. The van der Waals surface area contributed by atoms with Crippen molar-refractivity contribution in [2.45, 2.75) is 52.2 Å². The molecule has 1 N–H and O–H groups in total. The van der Waals surface area contributed by atoms with E-state index in [9.17, 15) is 5.26 Å². The highest BCUT2D eigenvalue weighted by atomic mass is 15.0. The number of nitrogens with one attached hydrogen (secondary N) is 1. The normalized spacial score (nSPS) is 15.3. The molecule has 0 unspecified atom stereocenters. The first kappa shape index (κ1) is 14.2. The van der Waals surface area contributed by atoms with Gasteiger partial charge < -0.3 is 9.88 Å². The van der Waals surface area contributed by atoms with E-state index in [1.807, 2.05) is 13.8 Å². The fraction of sp³-hybridized carbons (Fsp3) is 0.500. The van der Waals surface area contributed by atoms with Gasteiger partial charge in [0, 0.05) is 36.2 Å². The Morgan fingerprint density at radius 2 is 2.10 bits per heavy atom. The molecule has 1 aliphatic rings. The van der Waals surface area contributed by atoms with Crippen LogP contribution in [0.5, 0.6) is 0 Å². The minimum absolute atomic E-state index is 0.266. The highest BCUT2D eigenvalue weighted by Crippen LogP contribution is 2.26. The van der Waals surface area contributed by atoms with Gasteiger partial charge in [-0.3, -0.25) is 0 Å². The first-order chi connectivity index (χ1) is 10.1. The number of rotatable bonds is 6. The summed E-state index contributed by atoms with van der Waals surface area (Å²) in [5, 5.41) is 14.1. The number of fused-ring (bicyclic) bond motifs is 1. The minimum Gasteiger partial charge on any atom is -0.347 e. The summed E-state index contributed by atoms with van der Waals surface area (Å²) in [6, 6.07) is 11.7. The molecule has 3 heteroatoms. The second-order valence-corrected chi connectivity index (χ2v) is 6.77. The zero-order valence-corrected chi connectivity index (χ0v) is 12.9. The van der Waals surface area contributed by atoms with Crippen molar-refractivity contribution in [2.75, 3.05) is 0 Å². The van der Waals surface area contributed by atoms with Crippen LogP contribution in [-0.4, -0.2) is 10.6 Å². The second kappa shape index (κ2) is 5.54. The van der Waals surface area contributed by atoms with Gasteiger partial charge in [0.05, 0.1) is 11.5 Å². The lowest BCUT2D eigenvalue weighted by atomic mass is 9.91. The Labute approximate surface area is 126 Å². The lowest BCUT2D eigenvalue weighted by Crippen LogP contribution is -2.15. The minimum atomic E-state index is -0.266. The Morgan fingerprint density at radius 1 is 1.33 bits per heavy atom. The van der Waals surface area contributed by atoms with Gasteiger partial charge in [0.2, 0.25) is 0 Å². The molecule has 0 saturated heterocycles. The van der Waals surface area contributed by atoms with Crippen molar-refractivity contribution in [1.82, 2.24) is 9.88 Å². The molecule has 1 fully saturated rings.